The Morgan fingerprint density at radius 1 is 1.16 bits per heavy atom. The summed E-state index contributed by atoms with van der Waals surface area (Å²) in [6.07, 6.45) is 2.31. The molecule has 0 N–H and O–H groups in total. The van der Waals surface area contributed by atoms with Crippen molar-refractivity contribution in [3.63, 3.8) is 0 Å². The molecular formula is C14H24ClN3O. The normalized spacial score (nSPS) is 23.6. The Labute approximate surface area is 121 Å². The molecule has 0 spiro atoms. The predicted molar refractivity (Wildman–Crippen MR) is 78.3 cm³/mol. The van der Waals surface area contributed by atoms with Crippen LogP contribution in [0.15, 0.2) is 11.6 Å². The third kappa shape index (κ3) is 3.94. The van der Waals surface area contributed by atoms with E-state index in [1.54, 1.807) is 0 Å². The molecule has 108 valence electrons. The van der Waals surface area contributed by atoms with Gasteiger partial charge in [-0.1, -0.05) is 18.2 Å². The van der Waals surface area contributed by atoms with Crippen molar-refractivity contribution in [2.24, 2.45) is 0 Å². The van der Waals surface area contributed by atoms with Crippen LogP contribution in [-0.2, 0) is 4.79 Å². The van der Waals surface area contributed by atoms with Gasteiger partial charge in [0.25, 0.3) is 0 Å². The molecule has 2 rings (SSSR count). The molecule has 2 fully saturated rings. The molecular weight excluding hydrogens is 262 g/mol. The summed E-state index contributed by atoms with van der Waals surface area (Å²) in [4.78, 5) is 18.9. The van der Waals surface area contributed by atoms with Gasteiger partial charge in [0.15, 0.2) is 0 Å². The molecule has 1 atom stereocenters. The number of rotatable bonds is 4. The molecule has 4 nitrogen and oxygen atoms in total. The SMILES string of the molecule is C=C(Cl)CN1CCN([C@H](C)C(=O)N2CCCC2)CC1. The molecule has 0 saturated carbocycles. The van der Waals surface area contributed by atoms with Crippen LogP contribution in [0.1, 0.15) is 19.8 Å². The maximum atomic E-state index is 12.3. The third-order valence-corrected chi connectivity index (χ3v) is 4.24. The van der Waals surface area contributed by atoms with Crippen molar-refractivity contribution in [2.75, 3.05) is 45.8 Å². The van der Waals surface area contributed by atoms with Crippen molar-refractivity contribution in [2.45, 2.75) is 25.8 Å². The van der Waals surface area contributed by atoms with Gasteiger partial charge < -0.3 is 4.90 Å². The molecule has 1 amide bonds. The van der Waals surface area contributed by atoms with Crippen molar-refractivity contribution in [3.05, 3.63) is 11.6 Å². The van der Waals surface area contributed by atoms with Gasteiger partial charge in [-0.2, -0.15) is 0 Å². The first-order valence-corrected chi connectivity index (χ1v) is 7.54. The van der Waals surface area contributed by atoms with E-state index in [0.717, 1.165) is 58.7 Å². The summed E-state index contributed by atoms with van der Waals surface area (Å²) in [6.45, 7) is 12.2. The standard InChI is InChI=1S/C14H24ClN3O/c1-12(15)11-16-7-9-17(10-8-16)13(2)14(19)18-5-3-4-6-18/h13H,1,3-11H2,2H3/t13-/m1/s1. The lowest BCUT2D eigenvalue weighted by Gasteiger charge is -2.38. The Balaban J connectivity index is 1.79. The van der Waals surface area contributed by atoms with E-state index in [1.807, 2.05) is 11.8 Å². The van der Waals surface area contributed by atoms with Crippen LogP contribution >= 0.6 is 11.6 Å². The number of carbonyl (C=O) groups excluding carboxylic acids is 1. The molecule has 0 aromatic heterocycles. The molecule has 0 radical (unpaired) electrons. The maximum absolute atomic E-state index is 12.3. The molecule has 0 aromatic carbocycles. The summed E-state index contributed by atoms with van der Waals surface area (Å²) < 4.78 is 0. The van der Waals surface area contributed by atoms with E-state index in [-0.39, 0.29) is 6.04 Å². The summed E-state index contributed by atoms with van der Waals surface area (Å²) in [5, 5.41) is 0.689. The molecule has 0 bridgehead atoms. The van der Waals surface area contributed by atoms with E-state index in [0.29, 0.717) is 10.9 Å². The fourth-order valence-electron chi connectivity index (χ4n) is 2.91. The lowest BCUT2D eigenvalue weighted by Crippen LogP contribution is -2.54. The van der Waals surface area contributed by atoms with Crippen LogP contribution in [0.4, 0.5) is 0 Å². The first-order valence-electron chi connectivity index (χ1n) is 7.16. The molecule has 19 heavy (non-hydrogen) atoms. The van der Waals surface area contributed by atoms with E-state index in [4.69, 9.17) is 11.6 Å². The number of amides is 1. The quantitative estimate of drug-likeness (QED) is 0.781. The highest BCUT2D eigenvalue weighted by Gasteiger charge is 2.29. The van der Waals surface area contributed by atoms with Gasteiger partial charge in [0.05, 0.1) is 6.04 Å². The van der Waals surface area contributed by atoms with Gasteiger partial charge in [-0.3, -0.25) is 14.6 Å². The zero-order valence-electron chi connectivity index (χ0n) is 11.8. The number of nitrogens with zero attached hydrogens (tertiary/aromatic N) is 3. The van der Waals surface area contributed by atoms with E-state index in [2.05, 4.69) is 16.4 Å². The molecule has 0 aromatic rings. The van der Waals surface area contributed by atoms with Crippen molar-refractivity contribution < 1.29 is 4.79 Å². The molecule has 0 aliphatic carbocycles. The highest BCUT2D eigenvalue weighted by Crippen LogP contribution is 2.14. The maximum Gasteiger partial charge on any atom is 0.239 e. The van der Waals surface area contributed by atoms with E-state index < -0.39 is 0 Å². The van der Waals surface area contributed by atoms with Gasteiger partial charge in [0.1, 0.15) is 0 Å². The Morgan fingerprint density at radius 2 is 1.74 bits per heavy atom. The average molecular weight is 286 g/mol. The molecule has 2 aliphatic heterocycles. The first kappa shape index (κ1) is 14.8. The van der Waals surface area contributed by atoms with Gasteiger partial charge >= 0.3 is 0 Å². The van der Waals surface area contributed by atoms with Crippen LogP contribution in [0.3, 0.4) is 0 Å². The Morgan fingerprint density at radius 3 is 2.26 bits per heavy atom. The summed E-state index contributed by atoms with van der Waals surface area (Å²) >= 11 is 5.84. The highest BCUT2D eigenvalue weighted by atomic mass is 35.5. The topological polar surface area (TPSA) is 26.8 Å². The number of hydrogen-bond donors (Lipinski definition) is 0. The Kier molecular flexibility index (Phi) is 5.25. The Bertz CT molecular complexity index is 334. The zero-order valence-corrected chi connectivity index (χ0v) is 12.5. The number of piperazine rings is 1. The van der Waals surface area contributed by atoms with Crippen molar-refractivity contribution in [3.8, 4) is 0 Å². The monoisotopic (exact) mass is 285 g/mol. The summed E-state index contributed by atoms with van der Waals surface area (Å²) in [5.41, 5.74) is 0. The van der Waals surface area contributed by atoms with E-state index >= 15 is 0 Å². The van der Waals surface area contributed by atoms with Crippen LogP contribution in [0, 0.1) is 0 Å². The van der Waals surface area contributed by atoms with Crippen molar-refractivity contribution >= 4 is 17.5 Å². The van der Waals surface area contributed by atoms with Gasteiger partial charge in [-0.05, 0) is 19.8 Å². The van der Waals surface area contributed by atoms with Gasteiger partial charge in [0, 0.05) is 50.8 Å². The van der Waals surface area contributed by atoms with Crippen molar-refractivity contribution in [1.82, 2.24) is 14.7 Å². The second kappa shape index (κ2) is 6.73. The number of halogens is 1. The molecule has 2 saturated heterocycles. The third-order valence-electron chi connectivity index (χ3n) is 4.12. The van der Waals surface area contributed by atoms with Gasteiger partial charge in [0.2, 0.25) is 5.91 Å². The minimum absolute atomic E-state index is 0.0134. The largest absolute Gasteiger partial charge is 0.341 e. The van der Waals surface area contributed by atoms with Crippen LogP contribution < -0.4 is 0 Å². The summed E-state index contributed by atoms with van der Waals surface area (Å²) in [6, 6.07) is 0.0134. The number of carbonyl (C=O) groups is 1. The van der Waals surface area contributed by atoms with Crippen LogP contribution in [0.5, 0.6) is 0 Å². The average Bonchev–Trinajstić information content (AvgIpc) is 2.91. The van der Waals surface area contributed by atoms with Gasteiger partial charge in [-0.25, -0.2) is 0 Å². The minimum Gasteiger partial charge on any atom is -0.341 e. The fourth-order valence-corrected chi connectivity index (χ4v) is 3.08. The second-order valence-corrected chi connectivity index (χ2v) is 6.07. The minimum atomic E-state index is 0.0134. The van der Waals surface area contributed by atoms with Crippen LogP contribution in [0.2, 0.25) is 0 Å². The molecule has 2 aliphatic rings. The molecule has 5 heteroatoms. The van der Waals surface area contributed by atoms with E-state index in [1.165, 1.54) is 0 Å². The first-order chi connectivity index (χ1) is 9.08. The smallest absolute Gasteiger partial charge is 0.239 e. The number of hydrogen-bond acceptors (Lipinski definition) is 3. The second-order valence-electron chi connectivity index (χ2n) is 5.54. The Hall–Kier alpha value is -0.580. The van der Waals surface area contributed by atoms with Crippen molar-refractivity contribution in [1.29, 1.82) is 0 Å². The molecule has 0 unspecified atom stereocenters. The number of likely N-dealkylation sites (tertiary alicyclic amines) is 1. The van der Waals surface area contributed by atoms with E-state index in [9.17, 15) is 4.79 Å². The highest BCUT2D eigenvalue weighted by molar-refractivity contribution is 6.29. The predicted octanol–water partition coefficient (Wildman–Crippen LogP) is 1.37. The van der Waals surface area contributed by atoms with Crippen LogP contribution in [-0.4, -0.2) is 72.5 Å². The molecule has 2 heterocycles. The summed E-state index contributed by atoms with van der Waals surface area (Å²) in [7, 11) is 0. The van der Waals surface area contributed by atoms with Crippen LogP contribution in [0.25, 0.3) is 0 Å². The summed E-state index contributed by atoms with van der Waals surface area (Å²) in [5.74, 6) is 0.299. The fraction of sp³-hybridized carbons (Fsp3) is 0.786. The lowest BCUT2D eigenvalue weighted by molar-refractivity contribution is -0.136. The lowest BCUT2D eigenvalue weighted by atomic mass is 10.2. The van der Waals surface area contributed by atoms with Gasteiger partial charge in [-0.15, -0.1) is 0 Å². The zero-order chi connectivity index (χ0) is 13.8.